The Morgan fingerprint density at radius 2 is 1.93 bits per heavy atom. The number of imide groups is 1. The van der Waals surface area contributed by atoms with Crippen LogP contribution in [0.3, 0.4) is 0 Å². The highest BCUT2D eigenvalue weighted by Crippen LogP contribution is 2.28. The molecule has 1 aromatic carbocycles. The Morgan fingerprint density at radius 3 is 2.67 bits per heavy atom. The number of amides is 4. The average molecular weight is 411 g/mol. The van der Waals surface area contributed by atoms with Crippen molar-refractivity contribution >= 4 is 23.6 Å². The number of benzene rings is 1. The summed E-state index contributed by atoms with van der Waals surface area (Å²) in [6.45, 7) is 3.48. The zero-order valence-electron chi connectivity index (χ0n) is 16.6. The summed E-state index contributed by atoms with van der Waals surface area (Å²) in [7, 11) is 0. The van der Waals surface area contributed by atoms with Crippen molar-refractivity contribution in [2.75, 3.05) is 19.6 Å². The molecule has 3 fully saturated rings. The van der Waals surface area contributed by atoms with Crippen LogP contribution in [0, 0.1) is 0 Å². The number of carbonyl (C=O) groups is 4. The van der Waals surface area contributed by atoms with Gasteiger partial charge in [0, 0.05) is 57.2 Å². The van der Waals surface area contributed by atoms with E-state index in [1.54, 1.807) is 4.90 Å². The van der Waals surface area contributed by atoms with Gasteiger partial charge in [-0.3, -0.25) is 24.5 Å². The largest absolute Gasteiger partial charge is 0.336 e. The van der Waals surface area contributed by atoms with Crippen molar-refractivity contribution in [3.8, 4) is 0 Å². The Kier molecular flexibility index (Phi) is 4.79. The Morgan fingerprint density at radius 1 is 1.10 bits per heavy atom. The molecule has 2 atom stereocenters. The zero-order valence-corrected chi connectivity index (χ0v) is 16.6. The topological polar surface area (TPSA) is 111 Å². The lowest BCUT2D eigenvalue weighted by Gasteiger charge is -2.35. The first-order chi connectivity index (χ1) is 14.5. The zero-order chi connectivity index (χ0) is 20.8. The molecule has 158 valence electrons. The molecule has 2 unspecified atom stereocenters. The Bertz CT molecular complexity index is 928. The van der Waals surface area contributed by atoms with Gasteiger partial charge in [0.15, 0.2) is 0 Å². The van der Waals surface area contributed by atoms with Crippen LogP contribution in [0.5, 0.6) is 0 Å². The van der Waals surface area contributed by atoms with E-state index in [2.05, 4.69) is 16.0 Å². The molecule has 0 bridgehead atoms. The molecule has 4 amide bonds. The van der Waals surface area contributed by atoms with E-state index in [0.29, 0.717) is 37.5 Å². The molecule has 0 aliphatic carbocycles. The van der Waals surface area contributed by atoms with Crippen LogP contribution in [0.25, 0.3) is 0 Å². The summed E-state index contributed by atoms with van der Waals surface area (Å²) in [5.74, 6) is -0.638. The maximum atomic E-state index is 12.8. The Labute approximate surface area is 174 Å². The van der Waals surface area contributed by atoms with Gasteiger partial charge >= 0.3 is 0 Å². The number of rotatable bonds is 5. The van der Waals surface area contributed by atoms with Gasteiger partial charge in [0.05, 0.1) is 6.04 Å². The van der Waals surface area contributed by atoms with Crippen LogP contribution in [0.15, 0.2) is 18.2 Å². The Balaban J connectivity index is 1.21. The predicted octanol–water partition coefficient (Wildman–Crippen LogP) is -0.890. The summed E-state index contributed by atoms with van der Waals surface area (Å²) in [6.07, 6.45) is 1.13. The van der Waals surface area contributed by atoms with E-state index < -0.39 is 11.9 Å². The summed E-state index contributed by atoms with van der Waals surface area (Å²) >= 11 is 0. The first-order valence-electron chi connectivity index (χ1n) is 10.5. The summed E-state index contributed by atoms with van der Waals surface area (Å²) in [5, 5.41) is 8.99. The number of fused-ring (bicyclic) bond motifs is 1. The molecule has 4 heterocycles. The molecule has 30 heavy (non-hydrogen) atoms. The van der Waals surface area contributed by atoms with Crippen LogP contribution >= 0.6 is 0 Å². The molecule has 5 rings (SSSR count). The first kappa shape index (κ1) is 19.2. The fourth-order valence-corrected chi connectivity index (χ4v) is 4.72. The van der Waals surface area contributed by atoms with Crippen molar-refractivity contribution in [2.24, 2.45) is 0 Å². The van der Waals surface area contributed by atoms with Crippen molar-refractivity contribution in [2.45, 2.75) is 50.5 Å². The van der Waals surface area contributed by atoms with Crippen LogP contribution in [0.2, 0.25) is 0 Å². The van der Waals surface area contributed by atoms with Gasteiger partial charge in [-0.2, -0.15) is 0 Å². The third-order valence-corrected chi connectivity index (χ3v) is 6.54. The van der Waals surface area contributed by atoms with Gasteiger partial charge in [0.2, 0.25) is 17.7 Å². The van der Waals surface area contributed by atoms with E-state index in [1.165, 1.54) is 0 Å². The number of likely N-dealkylation sites (tertiary alicyclic amines) is 1. The van der Waals surface area contributed by atoms with Gasteiger partial charge in [-0.25, -0.2) is 0 Å². The van der Waals surface area contributed by atoms with Crippen LogP contribution < -0.4 is 16.0 Å². The van der Waals surface area contributed by atoms with Gasteiger partial charge in [-0.15, -0.1) is 0 Å². The number of nitrogens with zero attached hydrogens (tertiary/aromatic N) is 2. The van der Waals surface area contributed by atoms with E-state index in [1.807, 2.05) is 23.1 Å². The number of piperidine rings is 1. The predicted molar refractivity (Wildman–Crippen MR) is 106 cm³/mol. The van der Waals surface area contributed by atoms with E-state index in [-0.39, 0.29) is 30.2 Å². The SMILES string of the molecule is O=C1CCC(N2Cc3cc(CNC4CC(=O)N(C5CNC5)C4)ccc3C2=O)C(=O)N1. The lowest BCUT2D eigenvalue weighted by atomic mass is 10.0. The van der Waals surface area contributed by atoms with Gasteiger partial charge in [-0.05, 0) is 23.6 Å². The summed E-state index contributed by atoms with van der Waals surface area (Å²) in [4.78, 5) is 52.1. The smallest absolute Gasteiger partial charge is 0.255 e. The highest BCUT2D eigenvalue weighted by atomic mass is 16.2. The standard InChI is InChI=1S/C21H25N5O4/c27-18-4-3-17(20(29)24-18)26-10-13-5-12(1-2-16(13)21(26)30)7-23-14-6-19(28)25(11-14)15-8-22-9-15/h1-2,5,14-15,17,22-23H,3-4,6-11H2,(H,24,27,29). The molecule has 0 radical (unpaired) electrons. The minimum Gasteiger partial charge on any atom is -0.336 e. The fourth-order valence-electron chi connectivity index (χ4n) is 4.72. The van der Waals surface area contributed by atoms with Crippen molar-refractivity contribution in [1.82, 2.24) is 25.8 Å². The average Bonchev–Trinajstić information content (AvgIpc) is 3.19. The maximum Gasteiger partial charge on any atom is 0.255 e. The minimum absolute atomic E-state index is 0.132. The Hall–Kier alpha value is -2.78. The lowest BCUT2D eigenvalue weighted by molar-refractivity contribution is -0.137. The van der Waals surface area contributed by atoms with E-state index >= 15 is 0 Å². The number of hydrogen-bond donors (Lipinski definition) is 3. The molecule has 0 aromatic heterocycles. The molecule has 3 saturated heterocycles. The maximum absolute atomic E-state index is 12.8. The van der Waals surface area contributed by atoms with Crippen LogP contribution in [0.4, 0.5) is 0 Å². The normalized spacial score (nSPS) is 26.8. The van der Waals surface area contributed by atoms with Gasteiger partial charge in [-0.1, -0.05) is 12.1 Å². The second kappa shape index (κ2) is 7.48. The number of carbonyl (C=O) groups excluding carboxylic acids is 4. The lowest BCUT2D eigenvalue weighted by Crippen LogP contribution is -2.57. The first-order valence-corrected chi connectivity index (χ1v) is 10.5. The van der Waals surface area contributed by atoms with Gasteiger partial charge in [0.1, 0.15) is 6.04 Å². The van der Waals surface area contributed by atoms with Crippen LogP contribution in [-0.2, 0) is 27.5 Å². The van der Waals surface area contributed by atoms with Gasteiger partial charge < -0.3 is 20.4 Å². The highest BCUT2D eigenvalue weighted by Gasteiger charge is 2.39. The third-order valence-electron chi connectivity index (χ3n) is 6.54. The number of hydrogen-bond acceptors (Lipinski definition) is 6. The van der Waals surface area contributed by atoms with Crippen molar-refractivity contribution in [3.05, 3.63) is 34.9 Å². The molecule has 1 aromatic rings. The minimum atomic E-state index is -0.597. The monoisotopic (exact) mass is 411 g/mol. The molecular weight excluding hydrogens is 386 g/mol. The second-order valence-corrected chi connectivity index (χ2v) is 8.53. The highest BCUT2D eigenvalue weighted by molar-refractivity contribution is 6.05. The van der Waals surface area contributed by atoms with Crippen molar-refractivity contribution in [3.63, 3.8) is 0 Å². The van der Waals surface area contributed by atoms with E-state index in [4.69, 9.17) is 0 Å². The fraction of sp³-hybridized carbons (Fsp3) is 0.524. The van der Waals surface area contributed by atoms with E-state index in [0.717, 1.165) is 30.8 Å². The van der Waals surface area contributed by atoms with Crippen LogP contribution in [-0.4, -0.2) is 71.2 Å². The van der Waals surface area contributed by atoms with E-state index in [9.17, 15) is 19.2 Å². The molecule has 0 saturated carbocycles. The second-order valence-electron chi connectivity index (χ2n) is 8.53. The third kappa shape index (κ3) is 3.37. The van der Waals surface area contributed by atoms with Crippen molar-refractivity contribution in [1.29, 1.82) is 0 Å². The van der Waals surface area contributed by atoms with Gasteiger partial charge in [0.25, 0.3) is 5.91 Å². The van der Waals surface area contributed by atoms with Crippen LogP contribution in [0.1, 0.15) is 40.7 Å². The summed E-state index contributed by atoms with van der Waals surface area (Å²) in [5.41, 5.74) is 2.56. The summed E-state index contributed by atoms with van der Waals surface area (Å²) in [6, 6.07) is 5.59. The molecule has 9 nitrogen and oxygen atoms in total. The molecule has 4 aliphatic rings. The molecule has 3 N–H and O–H groups in total. The molecular formula is C21H25N5O4. The molecule has 0 spiro atoms. The quantitative estimate of drug-likeness (QED) is 0.542. The number of nitrogens with one attached hydrogen (secondary N) is 3. The molecule has 9 heteroatoms. The summed E-state index contributed by atoms with van der Waals surface area (Å²) < 4.78 is 0. The molecule has 4 aliphatic heterocycles. The van der Waals surface area contributed by atoms with Crippen molar-refractivity contribution < 1.29 is 19.2 Å².